The SMILES string of the molecule is O=C(c1cccc(Br)c1F)c1cnn2ccccc12. The maximum absolute atomic E-state index is 13.9. The molecule has 0 bridgehead atoms. The van der Waals surface area contributed by atoms with E-state index in [1.165, 1.54) is 12.3 Å². The van der Waals surface area contributed by atoms with Crippen LogP contribution in [0.15, 0.2) is 53.3 Å². The summed E-state index contributed by atoms with van der Waals surface area (Å²) < 4.78 is 15.8. The summed E-state index contributed by atoms with van der Waals surface area (Å²) in [7, 11) is 0. The molecule has 2 aromatic heterocycles. The predicted octanol–water partition coefficient (Wildman–Crippen LogP) is 3.47. The van der Waals surface area contributed by atoms with Gasteiger partial charge in [-0.05, 0) is 40.2 Å². The summed E-state index contributed by atoms with van der Waals surface area (Å²) in [5.41, 5.74) is 1.08. The molecule has 3 aromatic rings. The Morgan fingerprint density at radius 2 is 2.00 bits per heavy atom. The summed E-state index contributed by atoms with van der Waals surface area (Å²) in [6.07, 6.45) is 3.20. The lowest BCUT2D eigenvalue weighted by atomic mass is 10.0. The van der Waals surface area contributed by atoms with Crippen LogP contribution >= 0.6 is 15.9 Å². The van der Waals surface area contributed by atoms with Gasteiger partial charge in [0.15, 0.2) is 5.78 Å². The number of hydrogen-bond acceptors (Lipinski definition) is 2. The highest BCUT2D eigenvalue weighted by Crippen LogP contribution is 2.22. The molecule has 0 atom stereocenters. The number of hydrogen-bond donors (Lipinski definition) is 0. The van der Waals surface area contributed by atoms with Crippen molar-refractivity contribution in [1.82, 2.24) is 9.61 Å². The number of benzene rings is 1. The molecule has 0 amide bonds. The molecule has 0 aliphatic rings. The highest BCUT2D eigenvalue weighted by Gasteiger charge is 2.19. The third-order valence-electron chi connectivity index (χ3n) is 2.87. The van der Waals surface area contributed by atoms with Gasteiger partial charge in [0.1, 0.15) is 5.82 Å². The number of aromatic nitrogens is 2. The van der Waals surface area contributed by atoms with E-state index in [4.69, 9.17) is 0 Å². The quantitative estimate of drug-likeness (QED) is 0.678. The third-order valence-corrected chi connectivity index (χ3v) is 3.48. The second kappa shape index (κ2) is 4.59. The second-order valence-electron chi connectivity index (χ2n) is 4.02. The molecule has 0 spiro atoms. The minimum absolute atomic E-state index is 0.0353. The molecule has 0 saturated carbocycles. The molecule has 0 N–H and O–H groups in total. The van der Waals surface area contributed by atoms with Crippen molar-refractivity contribution in [2.45, 2.75) is 0 Å². The van der Waals surface area contributed by atoms with Crippen LogP contribution in [-0.4, -0.2) is 15.4 Å². The number of rotatable bonds is 2. The molecule has 0 aliphatic heterocycles. The molecule has 3 rings (SSSR count). The van der Waals surface area contributed by atoms with E-state index in [2.05, 4.69) is 21.0 Å². The van der Waals surface area contributed by atoms with Gasteiger partial charge in [-0.2, -0.15) is 5.10 Å². The average Bonchev–Trinajstić information content (AvgIpc) is 2.85. The number of carbonyl (C=O) groups is 1. The number of pyridine rings is 1. The fourth-order valence-corrected chi connectivity index (χ4v) is 2.30. The van der Waals surface area contributed by atoms with Crippen molar-refractivity contribution in [3.63, 3.8) is 0 Å². The number of fused-ring (bicyclic) bond motifs is 1. The summed E-state index contributed by atoms with van der Waals surface area (Å²) in [6, 6.07) is 10.1. The van der Waals surface area contributed by atoms with E-state index in [-0.39, 0.29) is 15.8 Å². The van der Waals surface area contributed by atoms with Crippen molar-refractivity contribution in [1.29, 1.82) is 0 Å². The van der Waals surface area contributed by atoms with Gasteiger partial charge in [0.25, 0.3) is 0 Å². The molecule has 19 heavy (non-hydrogen) atoms. The van der Waals surface area contributed by atoms with Crippen LogP contribution in [0.4, 0.5) is 4.39 Å². The third kappa shape index (κ3) is 1.96. The first-order valence-corrected chi connectivity index (χ1v) is 6.39. The summed E-state index contributed by atoms with van der Waals surface area (Å²) in [4.78, 5) is 12.4. The van der Waals surface area contributed by atoms with E-state index in [1.807, 2.05) is 12.1 Å². The normalized spacial score (nSPS) is 10.8. The topological polar surface area (TPSA) is 34.4 Å². The van der Waals surface area contributed by atoms with Crippen LogP contribution in [0.3, 0.4) is 0 Å². The standard InChI is InChI=1S/C14H8BrFN2O/c15-11-5-3-4-9(13(11)16)14(19)10-8-17-18-7-2-1-6-12(10)18/h1-8H. The zero-order valence-electron chi connectivity index (χ0n) is 9.68. The Labute approximate surface area is 116 Å². The van der Waals surface area contributed by atoms with Crippen LogP contribution in [0.1, 0.15) is 15.9 Å². The molecule has 0 fully saturated rings. The van der Waals surface area contributed by atoms with E-state index in [1.54, 1.807) is 28.9 Å². The maximum Gasteiger partial charge on any atom is 0.199 e. The van der Waals surface area contributed by atoms with Crippen LogP contribution in [0.2, 0.25) is 0 Å². The van der Waals surface area contributed by atoms with Crippen LogP contribution in [0.5, 0.6) is 0 Å². The molecule has 0 radical (unpaired) electrons. The summed E-state index contributed by atoms with van der Waals surface area (Å²) in [5.74, 6) is -0.928. The Morgan fingerprint density at radius 1 is 1.16 bits per heavy atom. The van der Waals surface area contributed by atoms with Crippen LogP contribution in [0, 0.1) is 5.82 Å². The Morgan fingerprint density at radius 3 is 2.84 bits per heavy atom. The molecule has 3 nitrogen and oxygen atoms in total. The van der Waals surface area contributed by atoms with Crippen LogP contribution in [0.25, 0.3) is 5.52 Å². The summed E-state index contributed by atoms with van der Waals surface area (Å²) >= 11 is 3.08. The average molecular weight is 319 g/mol. The maximum atomic E-state index is 13.9. The summed E-state index contributed by atoms with van der Waals surface area (Å²) in [5, 5.41) is 4.08. The minimum Gasteiger partial charge on any atom is -0.288 e. The zero-order valence-corrected chi connectivity index (χ0v) is 11.3. The van der Waals surface area contributed by atoms with Gasteiger partial charge in [0.05, 0.1) is 27.3 Å². The first-order valence-electron chi connectivity index (χ1n) is 5.59. The number of nitrogens with zero attached hydrogens (tertiary/aromatic N) is 2. The van der Waals surface area contributed by atoms with Crippen molar-refractivity contribution in [2.24, 2.45) is 0 Å². The lowest BCUT2D eigenvalue weighted by Gasteiger charge is -2.02. The molecule has 94 valence electrons. The molecule has 2 heterocycles. The van der Waals surface area contributed by atoms with Gasteiger partial charge < -0.3 is 0 Å². The number of ketones is 1. The van der Waals surface area contributed by atoms with E-state index in [0.717, 1.165) is 0 Å². The van der Waals surface area contributed by atoms with Crippen molar-refractivity contribution in [3.8, 4) is 0 Å². The van der Waals surface area contributed by atoms with E-state index in [0.29, 0.717) is 11.1 Å². The first-order chi connectivity index (χ1) is 9.18. The second-order valence-corrected chi connectivity index (χ2v) is 4.87. The number of carbonyl (C=O) groups excluding carboxylic acids is 1. The van der Waals surface area contributed by atoms with E-state index < -0.39 is 5.82 Å². The predicted molar refractivity (Wildman–Crippen MR) is 72.7 cm³/mol. The largest absolute Gasteiger partial charge is 0.288 e. The fourth-order valence-electron chi connectivity index (χ4n) is 1.93. The lowest BCUT2D eigenvalue weighted by Crippen LogP contribution is -2.04. The van der Waals surface area contributed by atoms with Gasteiger partial charge in [0, 0.05) is 6.20 Å². The molecule has 5 heteroatoms. The number of halogens is 2. The molecule has 0 saturated heterocycles. The van der Waals surface area contributed by atoms with Crippen LogP contribution in [-0.2, 0) is 0 Å². The smallest absolute Gasteiger partial charge is 0.199 e. The van der Waals surface area contributed by atoms with Gasteiger partial charge in [-0.25, -0.2) is 8.91 Å². The van der Waals surface area contributed by atoms with Gasteiger partial charge in [-0.3, -0.25) is 4.79 Å². The molecular weight excluding hydrogens is 311 g/mol. The Balaban J connectivity index is 2.17. The Kier molecular flexibility index (Phi) is 2.91. The van der Waals surface area contributed by atoms with Crippen molar-refractivity contribution >= 4 is 27.2 Å². The lowest BCUT2D eigenvalue weighted by molar-refractivity contribution is 0.103. The van der Waals surface area contributed by atoms with Gasteiger partial charge in [0.2, 0.25) is 0 Å². The van der Waals surface area contributed by atoms with E-state index in [9.17, 15) is 9.18 Å². The Bertz CT molecular complexity index is 782. The summed E-state index contributed by atoms with van der Waals surface area (Å²) in [6.45, 7) is 0. The van der Waals surface area contributed by atoms with Crippen LogP contribution < -0.4 is 0 Å². The monoisotopic (exact) mass is 318 g/mol. The highest BCUT2D eigenvalue weighted by molar-refractivity contribution is 9.10. The van der Waals surface area contributed by atoms with Crippen molar-refractivity contribution < 1.29 is 9.18 Å². The highest BCUT2D eigenvalue weighted by atomic mass is 79.9. The van der Waals surface area contributed by atoms with Gasteiger partial charge in [-0.1, -0.05) is 12.1 Å². The van der Waals surface area contributed by atoms with Gasteiger partial charge >= 0.3 is 0 Å². The molecular formula is C14H8BrFN2O. The minimum atomic E-state index is -0.553. The molecule has 1 aromatic carbocycles. The van der Waals surface area contributed by atoms with Crippen molar-refractivity contribution in [3.05, 3.63) is 70.2 Å². The fraction of sp³-hybridized carbons (Fsp3) is 0. The Hall–Kier alpha value is -2.01. The van der Waals surface area contributed by atoms with E-state index >= 15 is 0 Å². The first kappa shape index (κ1) is 12.0. The van der Waals surface area contributed by atoms with Gasteiger partial charge in [-0.15, -0.1) is 0 Å². The molecule has 0 aliphatic carbocycles. The van der Waals surface area contributed by atoms with Crippen molar-refractivity contribution in [2.75, 3.05) is 0 Å². The zero-order chi connectivity index (χ0) is 13.4. The molecule has 0 unspecified atom stereocenters.